The summed E-state index contributed by atoms with van der Waals surface area (Å²) < 4.78 is 6.90. The Bertz CT molecular complexity index is 1060. The van der Waals surface area contributed by atoms with E-state index in [2.05, 4.69) is 23.6 Å². The number of carbonyl (C=O) groups is 2. The smallest absolute Gasteiger partial charge is 0.335 e. The van der Waals surface area contributed by atoms with Crippen molar-refractivity contribution in [2.45, 2.75) is 19.9 Å². The molecule has 2 aliphatic rings. The second kappa shape index (κ2) is 7.79. The van der Waals surface area contributed by atoms with E-state index in [-0.39, 0.29) is 19.0 Å². The quantitative estimate of drug-likeness (QED) is 0.560. The number of imide groups is 1. The number of allylic oxidation sites excluding steroid dienone is 3. The molecule has 3 amide bonds. The molecule has 146 valence electrons. The molecule has 0 N–H and O–H groups in total. The van der Waals surface area contributed by atoms with Gasteiger partial charge in [0.15, 0.2) is 6.54 Å². The average Bonchev–Trinajstić information content (AvgIpc) is 3.23. The molecule has 7 heteroatoms. The van der Waals surface area contributed by atoms with Gasteiger partial charge in [-0.1, -0.05) is 67.2 Å². The third-order valence-corrected chi connectivity index (χ3v) is 5.00. The Balaban J connectivity index is 1.65. The van der Waals surface area contributed by atoms with Gasteiger partial charge in [0.1, 0.15) is 18.2 Å². The highest BCUT2D eigenvalue weighted by Crippen LogP contribution is 2.22. The van der Waals surface area contributed by atoms with Crippen molar-refractivity contribution in [3.63, 3.8) is 0 Å². The zero-order valence-corrected chi connectivity index (χ0v) is 16.1. The monoisotopic (exact) mass is 389 g/mol. The molecule has 7 nitrogen and oxygen atoms in total. The molecule has 0 bridgehead atoms. The van der Waals surface area contributed by atoms with Crippen molar-refractivity contribution in [1.29, 1.82) is 0 Å². The first-order valence-electron chi connectivity index (χ1n) is 9.49. The molecule has 0 fully saturated rings. The van der Waals surface area contributed by atoms with Crippen molar-refractivity contribution in [2.75, 3.05) is 6.54 Å². The molecule has 0 saturated heterocycles. The van der Waals surface area contributed by atoms with Crippen molar-refractivity contribution in [3.8, 4) is 11.4 Å². The first kappa shape index (κ1) is 18.7. The molecular weight excluding hydrogens is 368 g/mol. The van der Waals surface area contributed by atoms with E-state index in [1.807, 2.05) is 24.3 Å². The van der Waals surface area contributed by atoms with Gasteiger partial charge in [0.2, 0.25) is 5.82 Å². The maximum absolute atomic E-state index is 12.9. The number of aromatic nitrogens is 2. The van der Waals surface area contributed by atoms with Gasteiger partial charge in [0.25, 0.3) is 5.89 Å². The lowest BCUT2D eigenvalue weighted by Gasteiger charge is -2.25. The summed E-state index contributed by atoms with van der Waals surface area (Å²) >= 11 is 0. The molecule has 0 spiro atoms. The molecule has 29 heavy (non-hydrogen) atoms. The van der Waals surface area contributed by atoms with E-state index in [1.54, 1.807) is 24.3 Å². The molecule has 0 radical (unpaired) electrons. The molecule has 0 saturated carbocycles. The van der Waals surface area contributed by atoms with E-state index < -0.39 is 11.9 Å². The minimum absolute atomic E-state index is 0.0871. The Hall–Kier alpha value is -3.61. The van der Waals surface area contributed by atoms with E-state index in [0.717, 1.165) is 12.0 Å². The lowest BCUT2D eigenvalue weighted by molar-refractivity contribution is -0.459. The van der Waals surface area contributed by atoms with Crippen molar-refractivity contribution < 1.29 is 18.7 Å². The Morgan fingerprint density at radius 2 is 2.03 bits per heavy atom. The minimum Gasteiger partial charge on any atom is -0.335 e. The van der Waals surface area contributed by atoms with Gasteiger partial charge in [-0.2, -0.15) is 19.3 Å². The van der Waals surface area contributed by atoms with Crippen LogP contribution in [0.25, 0.3) is 11.4 Å². The molecule has 1 aliphatic carbocycles. The number of aryl methyl sites for hydroxylation is 1. The highest BCUT2D eigenvalue weighted by Gasteiger charge is 2.46. The van der Waals surface area contributed by atoms with Crippen LogP contribution in [-0.2, 0) is 17.8 Å². The van der Waals surface area contributed by atoms with E-state index in [9.17, 15) is 9.59 Å². The van der Waals surface area contributed by atoms with E-state index in [4.69, 9.17) is 4.52 Å². The first-order chi connectivity index (χ1) is 14.1. The van der Waals surface area contributed by atoms with Gasteiger partial charge in [0, 0.05) is 5.56 Å². The number of urea groups is 1. The number of benzene rings is 1. The fourth-order valence-electron chi connectivity index (χ4n) is 3.43. The zero-order valence-electron chi connectivity index (χ0n) is 16.1. The molecule has 1 aromatic heterocycles. The highest BCUT2D eigenvalue weighted by atomic mass is 16.5. The van der Waals surface area contributed by atoms with Crippen molar-refractivity contribution in [2.24, 2.45) is 5.92 Å². The largest absolute Gasteiger partial charge is 0.501 e. The van der Waals surface area contributed by atoms with E-state index >= 15 is 0 Å². The average molecular weight is 389 g/mol. The second-order valence-corrected chi connectivity index (χ2v) is 6.81. The molecule has 2 heterocycles. The molecule has 4 rings (SSSR count). The maximum Gasteiger partial charge on any atom is 0.501 e. The van der Waals surface area contributed by atoms with Crippen molar-refractivity contribution >= 4 is 17.6 Å². The van der Waals surface area contributed by atoms with Crippen LogP contribution in [0.5, 0.6) is 0 Å². The van der Waals surface area contributed by atoms with Gasteiger partial charge in [-0.25, -0.2) is 4.79 Å². The fourth-order valence-corrected chi connectivity index (χ4v) is 3.43. The summed E-state index contributed by atoms with van der Waals surface area (Å²) in [5.41, 5.74) is 2.68. The Kier molecular flexibility index (Phi) is 5.03. The van der Waals surface area contributed by atoms with Crippen LogP contribution in [0.2, 0.25) is 0 Å². The van der Waals surface area contributed by atoms with Crippen molar-refractivity contribution in [1.82, 2.24) is 15.0 Å². The first-order valence-corrected chi connectivity index (χ1v) is 9.49. The molecule has 1 aromatic carbocycles. The number of hydrogen-bond donors (Lipinski definition) is 0. The van der Waals surface area contributed by atoms with Crippen LogP contribution in [-0.4, -0.2) is 43.8 Å². The Morgan fingerprint density at radius 1 is 1.24 bits per heavy atom. The second-order valence-electron chi connectivity index (χ2n) is 6.81. The molecule has 1 aliphatic heterocycles. The number of amides is 3. The molecule has 2 aromatic rings. The zero-order chi connectivity index (χ0) is 20.4. The third kappa shape index (κ3) is 3.47. The third-order valence-electron chi connectivity index (χ3n) is 5.00. The number of carbonyl (C=O) groups excluding carboxylic acids is 2. The highest BCUT2D eigenvalue weighted by molar-refractivity contribution is 6.16. The summed E-state index contributed by atoms with van der Waals surface area (Å²) in [4.78, 5) is 31.2. The van der Waals surface area contributed by atoms with E-state index in [0.29, 0.717) is 17.4 Å². The predicted octanol–water partition coefficient (Wildman–Crippen LogP) is 3.14. The number of hydrogen-bond acceptors (Lipinski definition) is 5. The van der Waals surface area contributed by atoms with E-state index in [1.165, 1.54) is 21.1 Å². The van der Waals surface area contributed by atoms with Gasteiger partial charge in [-0.3, -0.25) is 0 Å². The minimum atomic E-state index is -0.512. The fraction of sp³-hybridized carbons (Fsp3) is 0.227. The number of nitrogens with zero attached hydrogens (tertiary/aromatic N) is 4. The number of rotatable bonds is 6. The standard InChI is InChI=1S/C22H21N4O3/c1-3-13-25-21(27)17-7-5-6-8-18(17)26(22(25)28)14-19-23-20(24-29-19)16-11-9-15(4-2)10-12-16/h3,5-12,17H,1,4,13-14H2,2H3/q+1. The van der Waals surface area contributed by atoms with Gasteiger partial charge >= 0.3 is 11.9 Å². The van der Waals surface area contributed by atoms with Crippen LogP contribution in [0.4, 0.5) is 4.79 Å². The molecule has 1 unspecified atom stereocenters. The summed E-state index contributed by atoms with van der Waals surface area (Å²) in [5.74, 6) is -0.00703. The Labute approximate surface area is 168 Å². The van der Waals surface area contributed by atoms with Gasteiger partial charge in [-0.05, 0) is 18.1 Å². The summed E-state index contributed by atoms with van der Waals surface area (Å²) in [6.07, 6.45) is 9.64. The SMILES string of the molecule is C=CCN1C(=O)C2C=CC=CC2=[N+](Cc2nc(-c3ccc(CC)cc3)no2)C1=O. The summed E-state index contributed by atoms with van der Waals surface area (Å²) in [7, 11) is 0. The van der Waals surface area contributed by atoms with Crippen LogP contribution >= 0.6 is 0 Å². The normalized spacial score (nSPS) is 18.4. The summed E-state index contributed by atoms with van der Waals surface area (Å²) in [6.45, 7) is 5.97. The lowest BCUT2D eigenvalue weighted by atomic mass is 9.94. The van der Waals surface area contributed by atoms with Crippen molar-refractivity contribution in [3.05, 3.63) is 72.7 Å². The van der Waals surface area contributed by atoms with Gasteiger partial charge in [-0.15, -0.1) is 0 Å². The summed E-state index contributed by atoms with van der Waals surface area (Å²) in [6, 6.07) is 7.52. The van der Waals surface area contributed by atoms with Crippen LogP contribution in [0, 0.1) is 5.92 Å². The van der Waals surface area contributed by atoms with Crippen LogP contribution < -0.4 is 0 Å². The lowest BCUT2D eigenvalue weighted by Crippen LogP contribution is -2.54. The predicted molar refractivity (Wildman–Crippen MR) is 107 cm³/mol. The van der Waals surface area contributed by atoms with Crippen LogP contribution in [0.1, 0.15) is 18.4 Å². The van der Waals surface area contributed by atoms with Crippen LogP contribution in [0.3, 0.4) is 0 Å². The topological polar surface area (TPSA) is 79.3 Å². The van der Waals surface area contributed by atoms with Gasteiger partial charge < -0.3 is 4.52 Å². The molecular formula is C22H21N4O3+. The summed E-state index contributed by atoms with van der Waals surface area (Å²) in [5, 5.41) is 4.04. The van der Waals surface area contributed by atoms with Gasteiger partial charge in [0.05, 0.1) is 0 Å². The number of fused-ring (bicyclic) bond motifs is 1. The Morgan fingerprint density at radius 3 is 2.76 bits per heavy atom. The van der Waals surface area contributed by atoms with Crippen LogP contribution in [0.15, 0.2) is 65.7 Å². The molecule has 1 atom stereocenters. The maximum atomic E-state index is 12.9.